The van der Waals surface area contributed by atoms with Gasteiger partial charge in [0.05, 0.1) is 10.6 Å². The highest BCUT2D eigenvalue weighted by Crippen LogP contribution is 2.30. The predicted molar refractivity (Wildman–Crippen MR) is 90.0 cm³/mol. The van der Waals surface area contributed by atoms with Crippen LogP contribution in [0.15, 0.2) is 41.3 Å². The van der Waals surface area contributed by atoms with Gasteiger partial charge in [-0.3, -0.25) is 9.52 Å². The molecule has 0 fully saturated rings. The second kappa shape index (κ2) is 6.44. The number of halogens is 2. The maximum Gasteiger partial charge on any atom is 0.261 e. The van der Waals surface area contributed by atoms with Gasteiger partial charge in [-0.15, -0.1) is 0 Å². The van der Waals surface area contributed by atoms with Crippen molar-refractivity contribution < 1.29 is 22.0 Å². The van der Waals surface area contributed by atoms with Gasteiger partial charge in [-0.05, 0) is 48.7 Å². The van der Waals surface area contributed by atoms with Crippen LogP contribution >= 0.6 is 0 Å². The van der Waals surface area contributed by atoms with Crippen LogP contribution in [0.1, 0.15) is 18.9 Å². The summed E-state index contributed by atoms with van der Waals surface area (Å²) in [5, 5.41) is 0. The van der Waals surface area contributed by atoms with Crippen molar-refractivity contribution in [2.24, 2.45) is 0 Å². The monoisotopic (exact) mass is 366 g/mol. The van der Waals surface area contributed by atoms with Crippen molar-refractivity contribution in [1.82, 2.24) is 0 Å². The van der Waals surface area contributed by atoms with Crippen molar-refractivity contribution in [2.75, 3.05) is 16.2 Å². The normalized spacial score (nSPS) is 14.1. The molecule has 1 aliphatic heterocycles. The Morgan fingerprint density at radius 2 is 1.80 bits per heavy atom. The highest BCUT2D eigenvalue weighted by Gasteiger charge is 2.23. The second-order valence-electron chi connectivity index (χ2n) is 5.83. The number of sulfonamides is 1. The van der Waals surface area contributed by atoms with E-state index in [1.807, 2.05) is 0 Å². The number of rotatable bonds is 3. The molecule has 0 bridgehead atoms. The fourth-order valence-corrected chi connectivity index (χ4v) is 3.99. The number of aryl methyl sites for hydroxylation is 1. The maximum atomic E-state index is 13.2. The van der Waals surface area contributed by atoms with Gasteiger partial charge in [0.1, 0.15) is 11.6 Å². The molecule has 0 unspecified atom stereocenters. The molecular formula is C17H16F2N2O3S. The predicted octanol–water partition coefficient (Wildman–Crippen LogP) is 3.06. The summed E-state index contributed by atoms with van der Waals surface area (Å²) in [6.07, 6.45) is 1.38. The van der Waals surface area contributed by atoms with E-state index >= 15 is 0 Å². The molecule has 0 spiro atoms. The molecule has 0 saturated carbocycles. The summed E-state index contributed by atoms with van der Waals surface area (Å²) >= 11 is 0. The third kappa shape index (κ3) is 3.63. The number of hydrogen-bond donors (Lipinski definition) is 1. The van der Waals surface area contributed by atoms with E-state index < -0.39 is 21.7 Å². The zero-order chi connectivity index (χ0) is 18.2. The van der Waals surface area contributed by atoms with E-state index in [1.165, 1.54) is 19.1 Å². The molecule has 132 valence electrons. The van der Waals surface area contributed by atoms with Crippen LogP contribution in [0.3, 0.4) is 0 Å². The number of amides is 1. The summed E-state index contributed by atoms with van der Waals surface area (Å²) in [7, 11) is -4.00. The third-order valence-electron chi connectivity index (χ3n) is 3.97. The summed E-state index contributed by atoms with van der Waals surface area (Å²) in [5.41, 5.74) is 1.24. The molecule has 1 N–H and O–H groups in total. The van der Waals surface area contributed by atoms with Crippen LogP contribution in [0.2, 0.25) is 0 Å². The zero-order valence-corrected chi connectivity index (χ0v) is 14.2. The smallest absolute Gasteiger partial charge is 0.261 e. The van der Waals surface area contributed by atoms with Gasteiger partial charge in [0.2, 0.25) is 5.91 Å². The topological polar surface area (TPSA) is 66.5 Å². The van der Waals surface area contributed by atoms with Crippen LogP contribution in [0, 0.1) is 11.6 Å². The van der Waals surface area contributed by atoms with Gasteiger partial charge in [-0.2, -0.15) is 0 Å². The van der Waals surface area contributed by atoms with Crippen molar-refractivity contribution in [3.8, 4) is 0 Å². The fourth-order valence-electron chi connectivity index (χ4n) is 2.89. The highest BCUT2D eigenvalue weighted by molar-refractivity contribution is 7.92. The second-order valence-corrected chi connectivity index (χ2v) is 7.51. The lowest BCUT2D eigenvalue weighted by atomic mass is 10.0. The summed E-state index contributed by atoms with van der Waals surface area (Å²) in [6, 6.07) is 6.90. The number of hydrogen-bond acceptors (Lipinski definition) is 3. The Balaban J connectivity index is 1.94. The van der Waals surface area contributed by atoms with Gasteiger partial charge in [0, 0.05) is 25.2 Å². The molecule has 8 heteroatoms. The first-order valence-corrected chi connectivity index (χ1v) is 9.14. The summed E-state index contributed by atoms with van der Waals surface area (Å²) in [5.74, 6) is -1.86. The molecule has 25 heavy (non-hydrogen) atoms. The minimum atomic E-state index is -4.00. The number of nitrogens with zero attached hydrogens (tertiary/aromatic N) is 1. The molecule has 0 aromatic heterocycles. The molecule has 1 aliphatic rings. The minimum Gasteiger partial charge on any atom is -0.312 e. The third-order valence-corrected chi connectivity index (χ3v) is 5.35. The van der Waals surface area contributed by atoms with Gasteiger partial charge >= 0.3 is 0 Å². The Labute approximate surface area is 144 Å². The van der Waals surface area contributed by atoms with E-state index in [2.05, 4.69) is 4.72 Å². The van der Waals surface area contributed by atoms with Gasteiger partial charge in [-0.25, -0.2) is 17.2 Å². The quantitative estimate of drug-likeness (QED) is 0.908. The average Bonchev–Trinajstić information content (AvgIpc) is 2.52. The summed E-state index contributed by atoms with van der Waals surface area (Å²) < 4.78 is 53.6. The summed E-state index contributed by atoms with van der Waals surface area (Å²) in [6.45, 7) is 2.05. The largest absolute Gasteiger partial charge is 0.312 e. The molecule has 0 saturated heterocycles. The zero-order valence-electron chi connectivity index (χ0n) is 13.4. The first-order chi connectivity index (χ1) is 11.8. The SMILES string of the molecule is CC(=O)N1CCCc2cc(S(=O)(=O)Nc3cc(F)cc(F)c3)ccc21. The number of fused-ring (bicyclic) bond motifs is 1. The summed E-state index contributed by atoms with van der Waals surface area (Å²) in [4.78, 5) is 13.2. The lowest BCUT2D eigenvalue weighted by Gasteiger charge is -2.28. The molecular weight excluding hydrogens is 350 g/mol. The van der Waals surface area contributed by atoms with E-state index in [0.29, 0.717) is 24.7 Å². The van der Waals surface area contributed by atoms with Gasteiger partial charge in [0.15, 0.2) is 0 Å². The van der Waals surface area contributed by atoms with Crippen LogP contribution in [-0.4, -0.2) is 20.9 Å². The number of carbonyl (C=O) groups is 1. The lowest BCUT2D eigenvalue weighted by molar-refractivity contribution is -0.116. The average molecular weight is 366 g/mol. The first-order valence-electron chi connectivity index (χ1n) is 7.66. The Morgan fingerprint density at radius 3 is 2.44 bits per heavy atom. The van der Waals surface area contributed by atoms with Crippen LogP contribution in [0.25, 0.3) is 0 Å². The molecule has 5 nitrogen and oxygen atoms in total. The molecule has 2 aromatic carbocycles. The van der Waals surface area contributed by atoms with Crippen LogP contribution in [0.5, 0.6) is 0 Å². The van der Waals surface area contributed by atoms with Gasteiger partial charge < -0.3 is 4.90 Å². The first kappa shape index (κ1) is 17.3. The number of benzene rings is 2. The maximum absolute atomic E-state index is 13.2. The highest BCUT2D eigenvalue weighted by atomic mass is 32.2. The Kier molecular flexibility index (Phi) is 4.47. The minimum absolute atomic E-state index is 0.0266. The molecule has 0 radical (unpaired) electrons. The lowest BCUT2D eigenvalue weighted by Crippen LogP contribution is -2.33. The van der Waals surface area contributed by atoms with Crippen molar-refractivity contribution in [1.29, 1.82) is 0 Å². The Bertz CT molecular complexity index is 925. The van der Waals surface area contributed by atoms with Gasteiger partial charge in [-0.1, -0.05) is 0 Å². The number of carbonyl (C=O) groups excluding carboxylic acids is 1. The molecule has 1 amide bonds. The van der Waals surface area contributed by atoms with Crippen molar-refractivity contribution in [3.05, 3.63) is 53.6 Å². The van der Waals surface area contributed by atoms with Gasteiger partial charge in [0.25, 0.3) is 10.0 Å². The van der Waals surface area contributed by atoms with E-state index in [4.69, 9.17) is 0 Å². The van der Waals surface area contributed by atoms with Crippen molar-refractivity contribution in [2.45, 2.75) is 24.7 Å². The molecule has 3 rings (SSSR count). The van der Waals surface area contributed by atoms with Crippen LogP contribution in [-0.2, 0) is 21.2 Å². The van der Waals surface area contributed by atoms with E-state index in [-0.39, 0.29) is 16.5 Å². The number of nitrogens with one attached hydrogen (secondary N) is 1. The molecule has 2 aromatic rings. The van der Waals surface area contributed by atoms with E-state index in [1.54, 1.807) is 11.0 Å². The Morgan fingerprint density at radius 1 is 1.12 bits per heavy atom. The van der Waals surface area contributed by atoms with E-state index in [9.17, 15) is 22.0 Å². The molecule has 0 atom stereocenters. The van der Waals surface area contributed by atoms with Crippen LogP contribution in [0.4, 0.5) is 20.2 Å². The van der Waals surface area contributed by atoms with Crippen molar-refractivity contribution >= 4 is 27.3 Å². The standard InChI is InChI=1S/C17H16F2N2O3S/c1-11(22)21-6-2-3-12-7-16(4-5-17(12)21)25(23,24)20-15-9-13(18)8-14(19)10-15/h4-5,7-10,20H,2-3,6H2,1H3. The van der Waals surface area contributed by atoms with E-state index in [0.717, 1.165) is 24.1 Å². The molecule has 0 aliphatic carbocycles. The van der Waals surface area contributed by atoms with Crippen molar-refractivity contribution in [3.63, 3.8) is 0 Å². The fraction of sp³-hybridized carbons (Fsp3) is 0.235. The number of anilines is 2. The molecule has 1 heterocycles. The van der Waals surface area contributed by atoms with Crippen LogP contribution < -0.4 is 9.62 Å². The Hall–Kier alpha value is -2.48.